The number of nitrogens with zero attached hydrogens (tertiary/aromatic N) is 2. The SMILES string of the molecule is CCc1nsc(Oc2cc(N)cc(Br)c2)n1. The molecule has 16 heavy (non-hydrogen) atoms. The highest BCUT2D eigenvalue weighted by atomic mass is 79.9. The summed E-state index contributed by atoms with van der Waals surface area (Å²) in [6.07, 6.45) is 0.806. The van der Waals surface area contributed by atoms with Crippen LogP contribution in [0.3, 0.4) is 0 Å². The molecule has 0 atom stereocenters. The average molecular weight is 300 g/mol. The fourth-order valence-corrected chi connectivity index (χ4v) is 2.29. The van der Waals surface area contributed by atoms with Gasteiger partial charge in [0.25, 0.3) is 5.19 Å². The second-order valence-electron chi connectivity index (χ2n) is 3.15. The Morgan fingerprint density at radius 2 is 2.25 bits per heavy atom. The van der Waals surface area contributed by atoms with E-state index in [1.165, 1.54) is 11.5 Å². The summed E-state index contributed by atoms with van der Waals surface area (Å²) >= 11 is 4.59. The van der Waals surface area contributed by atoms with Crippen LogP contribution in [0.15, 0.2) is 22.7 Å². The van der Waals surface area contributed by atoms with E-state index < -0.39 is 0 Å². The number of nitrogens with two attached hydrogens (primary N) is 1. The number of nitrogen functional groups attached to an aromatic ring is 1. The summed E-state index contributed by atoms with van der Waals surface area (Å²) in [6.45, 7) is 2.00. The number of ether oxygens (including phenoxy) is 1. The van der Waals surface area contributed by atoms with Gasteiger partial charge in [0.1, 0.15) is 11.6 Å². The second-order valence-corrected chi connectivity index (χ2v) is 4.78. The first-order chi connectivity index (χ1) is 7.67. The molecule has 0 aliphatic rings. The molecule has 2 N–H and O–H groups in total. The number of aryl methyl sites for hydroxylation is 1. The molecule has 0 amide bonds. The molecule has 4 nitrogen and oxygen atoms in total. The molecule has 0 fully saturated rings. The largest absolute Gasteiger partial charge is 0.430 e. The first kappa shape index (κ1) is 11.3. The highest BCUT2D eigenvalue weighted by molar-refractivity contribution is 9.10. The van der Waals surface area contributed by atoms with Crippen molar-refractivity contribution >= 4 is 33.1 Å². The Balaban J connectivity index is 2.19. The van der Waals surface area contributed by atoms with Gasteiger partial charge in [-0.1, -0.05) is 22.9 Å². The molecule has 0 unspecified atom stereocenters. The van der Waals surface area contributed by atoms with E-state index in [1.54, 1.807) is 6.07 Å². The van der Waals surface area contributed by atoms with E-state index in [0.717, 1.165) is 16.7 Å². The summed E-state index contributed by atoms with van der Waals surface area (Å²) < 4.78 is 10.6. The molecule has 0 aliphatic carbocycles. The number of benzene rings is 1. The predicted molar refractivity (Wildman–Crippen MR) is 67.9 cm³/mol. The maximum atomic E-state index is 5.70. The van der Waals surface area contributed by atoms with Crippen LogP contribution >= 0.6 is 27.5 Å². The third kappa shape index (κ3) is 2.70. The number of hydrogen-bond acceptors (Lipinski definition) is 5. The van der Waals surface area contributed by atoms with Crippen molar-refractivity contribution in [3.05, 3.63) is 28.5 Å². The summed E-state index contributed by atoms with van der Waals surface area (Å²) in [5, 5.41) is 0.536. The van der Waals surface area contributed by atoms with E-state index in [2.05, 4.69) is 25.3 Å². The molecule has 84 valence electrons. The molecule has 1 aromatic carbocycles. The van der Waals surface area contributed by atoms with Crippen molar-refractivity contribution in [2.24, 2.45) is 0 Å². The highest BCUT2D eigenvalue weighted by Crippen LogP contribution is 2.28. The van der Waals surface area contributed by atoms with Gasteiger partial charge in [0.15, 0.2) is 0 Å². The molecule has 2 rings (SSSR count). The van der Waals surface area contributed by atoms with Gasteiger partial charge in [-0.25, -0.2) is 0 Å². The average Bonchev–Trinajstić information content (AvgIpc) is 2.64. The minimum absolute atomic E-state index is 0.536. The highest BCUT2D eigenvalue weighted by Gasteiger charge is 2.05. The smallest absolute Gasteiger partial charge is 0.298 e. The summed E-state index contributed by atoms with van der Waals surface area (Å²) in [6, 6.07) is 5.39. The van der Waals surface area contributed by atoms with Crippen molar-refractivity contribution in [3.63, 3.8) is 0 Å². The Bertz CT molecular complexity index is 480. The Kier molecular flexibility index (Phi) is 3.40. The molecule has 0 saturated heterocycles. The lowest BCUT2D eigenvalue weighted by Gasteiger charge is -2.02. The van der Waals surface area contributed by atoms with E-state index in [0.29, 0.717) is 16.6 Å². The zero-order valence-corrected chi connectivity index (χ0v) is 11.0. The van der Waals surface area contributed by atoms with E-state index in [-0.39, 0.29) is 0 Å². The lowest BCUT2D eigenvalue weighted by Crippen LogP contribution is -1.89. The van der Waals surface area contributed by atoms with E-state index in [1.807, 2.05) is 19.1 Å². The quantitative estimate of drug-likeness (QED) is 0.884. The summed E-state index contributed by atoms with van der Waals surface area (Å²) in [7, 11) is 0. The van der Waals surface area contributed by atoms with Crippen LogP contribution in [0.5, 0.6) is 10.9 Å². The van der Waals surface area contributed by atoms with Gasteiger partial charge in [-0.15, -0.1) is 0 Å². The lowest BCUT2D eigenvalue weighted by molar-refractivity contribution is 0.477. The van der Waals surface area contributed by atoms with Crippen molar-refractivity contribution in [2.75, 3.05) is 5.73 Å². The van der Waals surface area contributed by atoms with Crippen LogP contribution in [0.25, 0.3) is 0 Å². The van der Waals surface area contributed by atoms with Crippen LogP contribution in [0.4, 0.5) is 5.69 Å². The third-order valence-electron chi connectivity index (χ3n) is 1.86. The zero-order valence-electron chi connectivity index (χ0n) is 8.61. The van der Waals surface area contributed by atoms with Gasteiger partial charge in [0.2, 0.25) is 0 Å². The molecule has 0 radical (unpaired) electrons. The molecule has 0 saturated carbocycles. The molecule has 0 spiro atoms. The Morgan fingerprint density at radius 1 is 1.44 bits per heavy atom. The predicted octanol–water partition coefficient (Wildman–Crippen LogP) is 3.24. The summed E-state index contributed by atoms with van der Waals surface area (Å²) in [4.78, 5) is 4.21. The van der Waals surface area contributed by atoms with E-state index in [9.17, 15) is 0 Å². The number of halogens is 1. The van der Waals surface area contributed by atoms with E-state index >= 15 is 0 Å². The minimum Gasteiger partial charge on any atom is -0.430 e. The topological polar surface area (TPSA) is 61.0 Å². The number of rotatable bonds is 3. The van der Waals surface area contributed by atoms with Crippen LogP contribution in [0.2, 0.25) is 0 Å². The first-order valence-corrected chi connectivity index (χ1v) is 6.30. The maximum Gasteiger partial charge on any atom is 0.298 e. The number of hydrogen-bond donors (Lipinski definition) is 1. The summed E-state index contributed by atoms with van der Waals surface area (Å²) in [5.41, 5.74) is 6.34. The number of aromatic nitrogens is 2. The minimum atomic E-state index is 0.536. The van der Waals surface area contributed by atoms with Crippen LogP contribution < -0.4 is 10.5 Å². The molecule has 1 heterocycles. The third-order valence-corrected chi connectivity index (χ3v) is 2.96. The Hall–Kier alpha value is -1.14. The molecule has 2 aromatic rings. The second kappa shape index (κ2) is 4.80. The molecule has 0 bridgehead atoms. The first-order valence-electron chi connectivity index (χ1n) is 4.74. The fraction of sp³-hybridized carbons (Fsp3) is 0.200. The van der Waals surface area contributed by atoms with Crippen molar-refractivity contribution in [2.45, 2.75) is 13.3 Å². The van der Waals surface area contributed by atoms with Crippen LogP contribution in [-0.2, 0) is 6.42 Å². The van der Waals surface area contributed by atoms with Crippen LogP contribution in [0.1, 0.15) is 12.7 Å². The van der Waals surface area contributed by atoms with Gasteiger partial charge in [0, 0.05) is 34.2 Å². The normalized spacial score (nSPS) is 10.4. The zero-order chi connectivity index (χ0) is 11.5. The van der Waals surface area contributed by atoms with Gasteiger partial charge in [0.05, 0.1) is 0 Å². The molecular formula is C10H10BrN3OS. The van der Waals surface area contributed by atoms with Gasteiger partial charge < -0.3 is 10.5 Å². The Labute approximate surface area is 106 Å². The van der Waals surface area contributed by atoms with Gasteiger partial charge >= 0.3 is 0 Å². The lowest BCUT2D eigenvalue weighted by atomic mass is 10.3. The van der Waals surface area contributed by atoms with Crippen molar-refractivity contribution in [1.82, 2.24) is 9.36 Å². The van der Waals surface area contributed by atoms with E-state index in [4.69, 9.17) is 10.5 Å². The Morgan fingerprint density at radius 3 is 2.88 bits per heavy atom. The molecule has 6 heteroatoms. The van der Waals surface area contributed by atoms with Gasteiger partial charge in [-0.3, -0.25) is 0 Å². The van der Waals surface area contributed by atoms with Crippen molar-refractivity contribution in [3.8, 4) is 10.9 Å². The standard InChI is InChI=1S/C10H10BrN3OS/c1-2-9-13-10(16-14-9)15-8-4-6(11)3-7(12)5-8/h3-5H,2,12H2,1H3. The van der Waals surface area contributed by atoms with Gasteiger partial charge in [-0.05, 0) is 12.1 Å². The van der Waals surface area contributed by atoms with Crippen molar-refractivity contribution in [1.29, 1.82) is 0 Å². The van der Waals surface area contributed by atoms with Crippen LogP contribution in [-0.4, -0.2) is 9.36 Å². The van der Waals surface area contributed by atoms with Crippen molar-refractivity contribution < 1.29 is 4.74 Å². The van der Waals surface area contributed by atoms with Gasteiger partial charge in [-0.2, -0.15) is 9.36 Å². The molecular weight excluding hydrogens is 290 g/mol. The van der Waals surface area contributed by atoms with Crippen LogP contribution in [0, 0.1) is 0 Å². The fourth-order valence-electron chi connectivity index (χ4n) is 1.17. The summed E-state index contributed by atoms with van der Waals surface area (Å²) in [5.74, 6) is 1.45. The molecule has 1 aromatic heterocycles. The monoisotopic (exact) mass is 299 g/mol. The molecule has 0 aliphatic heterocycles. The number of anilines is 1. The maximum absolute atomic E-state index is 5.70.